The summed E-state index contributed by atoms with van der Waals surface area (Å²) in [7, 11) is 0. The summed E-state index contributed by atoms with van der Waals surface area (Å²) >= 11 is 6.00. The minimum Gasteiger partial charge on any atom is -0.369 e. The summed E-state index contributed by atoms with van der Waals surface area (Å²) in [5, 5.41) is 0.109. The number of aryl methyl sites for hydroxylation is 1. The smallest absolute Gasteiger partial charge is 0.220 e. The van der Waals surface area contributed by atoms with Crippen LogP contribution in [0.2, 0.25) is 5.02 Å². The van der Waals surface area contributed by atoms with Gasteiger partial charge in [0.1, 0.15) is 11.6 Å². The van der Waals surface area contributed by atoms with Gasteiger partial charge in [-0.05, 0) is 51.8 Å². The van der Waals surface area contributed by atoms with E-state index in [1.54, 1.807) is 6.07 Å². The van der Waals surface area contributed by atoms with Gasteiger partial charge in [-0.15, -0.1) is 0 Å². The lowest BCUT2D eigenvalue weighted by atomic mass is 9.87. The van der Waals surface area contributed by atoms with Crippen molar-refractivity contribution in [1.82, 2.24) is 14.5 Å². The zero-order valence-corrected chi connectivity index (χ0v) is 16.4. The second-order valence-electron chi connectivity index (χ2n) is 7.84. The van der Waals surface area contributed by atoms with E-state index in [1.165, 1.54) is 6.07 Å². The molecule has 2 fully saturated rings. The van der Waals surface area contributed by atoms with Crippen molar-refractivity contribution < 1.29 is 9.18 Å². The molecule has 1 aliphatic heterocycles. The largest absolute Gasteiger partial charge is 0.369 e. The Hall–Kier alpha value is -1.66. The van der Waals surface area contributed by atoms with Crippen molar-refractivity contribution >= 4 is 28.5 Å². The highest BCUT2D eigenvalue weighted by Crippen LogP contribution is 2.46. The third kappa shape index (κ3) is 3.03. The molecule has 5 nitrogen and oxygen atoms in total. The molecule has 1 saturated heterocycles. The Labute approximate surface area is 163 Å². The van der Waals surface area contributed by atoms with E-state index in [9.17, 15) is 9.18 Å². The number of imidazole rings is 1. The number of aromatic nitrogens is 2. The van der Waals surface area contributed by atoms with E-state index < -0.39 is 5.82 Å². The highest BCUT2D eigenvalue weighted by atomic mass is 35.5. The number of likely N-dealkylation sites (tertiary alicyclic amines) is 1. The number of benzene rings is 1. The number of rotatable bonds is 4. The topological polar surface area (TPSA) is 64.2 Å². The molecule has 4 rings (SSSR count). The van der Waals surface area contributed by atoms with E-state index in [0.717, 1.165) is 75.0 Å². The molecule has 1 aromatic heterocycles. The summed E-state index contributed by atoms with van der Waals surface area (Å²) in [6.45, 7) is 4.48. The second kappa shape index (κ2) is 7.06. The minimum atomic E-state index is -0.409. The van der Waals surface area contributed by atoms with Crippen molar-refractivity contribution in [3.8, 4) is 0 Å². The van der Waals surface area contributed by atoms with Crippen LogP contribution in [-0.4, -0.2) is 33.4 Å². The van der Waals surface area contributed by atoms with E-state index in [2.05, 4.69) is 16.4 Å². The summed E-state index contributed by atoms with van der Waals surface area (Å²) in [6.07, 6.45) is 5.96. The monoisotopic (exact) mass is 392 g/mol. The average Bonchev–Trinajstić information content (AvgIpc) is 3.28. The Balaban J connectivity index is 1.77. The van der Waals surface area contributed by atoms with Crippen LogP contribution in [-0.2, 0) is 16.9 Å². The Morgan fingerprint density at radius 3 is 2.59 bits per heavy atom. The first-order chi connectivity index (χ1) is 13.0. The number of halogens is 2. The molecule has 1 aliphatic carbocycles. The predicted molar refractivity (Wildman–Crippen MR) is 104 cm³/mol. The number of amides is 1. The number of piperidine rings is 1. The zero-order valence-electron chi connectivity index (χ0n) is 15.7. The molecule has 2 aliphatic rings. The summed E-state index contributed by atoms with van der Waals surface area (Å²) in [6, 6.07) is 3.13. The number of primary amides is 1. The highest BCUT2D eigenvalue weighted by molar-refractivity contribution is 6.31. The summed E-state index contributed by atoms with van der Waals surface area (Å²) in [4.78, 5) is 19.0. The van der Waals surface area contributed by atoms with Crippen LogP contribution in [0, 0.1) is 11.7 Å². The first-order valence-electron chi connectivity index (χ1n) is 9.86. The Morgan fingerprint density at radius 1 is 1.33 bits per heavy atom. The average molecular weight is 393 g/mol. The molecule has 27 heavy (non-hydrogen) atoms. The SMILES string of the molecule is CCn1c(C2(N3CCC(C(N)=O)CC3)CCCC2)nc2cc(Cl)c(F)cc21. The molecule has 2 N–H and O–H groups in total. The lowest BCUT2D eigenvalue weighted by Gasteiger charge is -2.44. The molecule has 1 amide bonds. The van der Waals surface area contributed by atoms with Crippen LogP contribution < -0.4 is 5.73 Å². The Kier molecular flexibility index (Phi) is 4.89. The normalized spacial score (nSPS) is 21.1. The van der Waals surface area contributed by atoms with Crippen LogP contribution in [0.4, 0.5) is 4.39 Å². The van der Waals surface area contributed by atoms with E-state index >= 15 is 0 Å². The Bertz CT molecular complexity index is 866. The molecule has 146 valence electrons. The van der Waals surface area contributed by atoms with Gasteiger partial charge in [-0.2, -0.15) is 0 Å². The van der Waals surface area contributed by atoms with Crippen LogP contribution in [0.5, 0.6) is 0 Å². The number of nitrogens with two attached hydrogens (primary N) is 1. The van der Waals surface area contributed by atoms with Gasteiger partial charge in [0.25, 0.3) is 0 Å². The van der Waals surface area contributed by atoms with E-state index in [-0.39, 0.29) is 22.4 Å². The third-order valence-electron chi connectivity index (χ3n) is 6.46. The van der Waals surface area contributed by atoms with Gasteiger partial charge in [0.2, 0.25) is 5.91 Å². The molecule has 0 unspecified atom stereocenters. The van der Waals surface area contributed by atoms with Gasteiger partial charge in [0, 0.05) is 18.5 Å². The van der Waals surface area contributed by atoms with E-state index in [1.807, 2.05) is 0 Å². The van der Waals surface area contributed by atoms with Crippen LogP contribution in [0.25, 0.3) is 11.0 Å². The molecule has 7 heteroatoms. The highest BCUT2D eigenvalue weighted by Gasteiger charge is 2.46. The molecule has 0 atom stereocenters. The van der Waals surface area contributed by atoms with Gasteiger partial charge in [-0.25, -0.2) is 9.37 Å². The third-order valence-corrected chi connectivity index (χ3v) is 6.75. The van der Waals surface area contributed by atoms with E-state index in [0.29, 0.717) is 0 Å². The lowest BCUT2D eigenvalue weighted by Crippen LogP contribution is -2.50. The maximum atomic E-state index is 14.1. The quantitative estimate of drug-likeness (QED) is 0.860. The van der Waals surface area contributed by atoms with Gasteiger partial charge in [0.15, 0.2) is 0 Å². The fourth-order valence-corrected chi connectivity index (χ4v) is 5.19. The number of carbonyl (C=O) groups excluding carboxylic acids is 1. The number of hydrogen-bond acceptors (Lipinski definition) is 3. The van der Waals surface area contributed by atoms with Crippen LogP contribution in [0.1, 0.15) is 51.3 Å². The van der Waals surface area contributed by atoms with Crippen molar-refractivity contribution in [3.05, 3.63) is 28.8 Å². The molecule has 2 heterocycles. The fraction of sp³-hybridized carbons (Fsp3) is 0.600. The molecule has 0 bridgehead atoms. The van der Waals surface area contributed by atoms with Crippen molar-refractivity contribution in [1.29, 1.82) is 0 Å². The predicted octanol–water partition coefficient (Wildman–Crippen LogP) is 3.82. The number of carbonyl (C=O) groups is 1. The number of nitrogens with zero attached hydrogens (tertiary/aromatic N) is 3. The van der Waals surface area contributed by atoms with Gasteiger partial charge in [0.05, 0.1) is 21.6 Å². The maximum absolute atomic E-state index is 14.1. The van der Waals surface area contributed by atoms with Gasteiger partial charge < -0.3 is 10.3 Å². The first-order valence-corrected chi connectivity index (χ1v) is 10.2. The van der Waals surface area contributed by atoms with Crippen LogP contribution in [0.15, 0.2) is 12.1 Å². The minimum absolute atomic E-state index is 0.0300. The number of hydrogen-bond donors (Lipinski definition) is 1. The van der Waals surface area contributed by atoms with Crippen molar-refractivity contribution in [2.45, 2.75) is 57.5 Å². The molecule has 0 spiro atoms. The van der Waals surface area contributed by atoms with Gasteiger partial charge in [-0.3, -0.25) is 9.69 Å². The van der Waals surface area contributed by atoms with Crippen molar-refractivity contribution in [2.24, 2.45) is 11.7 Å². The van der Waals surface area contributed by atoms with E-state index in [4.69, 9.17) is 22.3 Å². The molecular formula is C20H26ClFN4O. The molecule has 0 radical (unpaired) electrons. The second-order valence-corrected chi connectivity index (χ2v) is 8.24. The zero-order chi connectivity index (χ0) is 19.2. The summed E-state index contributed by atoms with van der Waals surface area (Å²) in [5.74, 6) is 0.378. The Morgan fingerprint density at radius 2 is 2.00 bits per heavy atom. The van der Waals surface area contributed by atoms with Crippen molar-refractivity contribution in [2.75, 3.05) is 13.1 Å². The van der Waals surface area contributed by atoms with Crippen LogP contribution in [0.3, 0.4) is 0 Å². The first kappa shape index (κ1) is 18.7. The summed E-state index contributed by atoms with van der Waals surface area (Å²) in [5.41, 5.74) is 6.91. The molecule has 2 aromatic rings. The van der Waals surface area contributed by atoms with Gasteiger partial charge in [-0.1, -0.05) is 24.4 Å². The fourth-order valence-electron chi connectivity index (χ4n) is 5.03. The van der Waals surface area contributed by atoms with Crippen molar-refractivity contribution in [3.63, 3.8) is 0 Å². The molecular weight excluding hydrogens is 367 g/mol. The maximum Gasteiger partial charge on any atom is 0.220 e. The molecule has 1 saturated carbocycles. The standard InChI is InChI=1S/C20H26ClFN4O/c1-2-26-17-12-15(22)14(21)11-16(17)24-19(26)20(7-3-4-8-20)25-9-5-13(6-10-25)18(23)27/h11-13H,2-10H2,1H3,(H2,23,27). The molecule has 1 aromatic carbocycles. The summed E-state index contributed by atoms with van der Waals surface area (Å²) < 4.78 is 16.2. The number of fused-ring (bicyclic) bond motifs is 1. The van der Waals surface area contributed by atoms with Crippen LogP contribution >= 0.6 is 11.6 Å². The lowest BCUT2D eigenvalue weighted by molar-refractivity contribution is -0.123. The van der Waals surface area contributed by atoms with Gasteiger partial charge >= 0.3 is 0 Å².